The number of hydrogen-bond donors (Lipinski definition) is 2. The van der Waals surface area contributed by atoms with Crippen LogP contribution in [0.1, 0.15) is 37.0 Å². The summed E-state index contributed by atoms with van der Waals surface area (Å²) in [5.41, 5.74) is 6.00. The third kappa shape index (κ3) is 3.81. The second kappa shape index (κ2) is 6.52. The lowest BCUT2D eigenvalue weighted by Crippen LogP contribution is -2.48. The third-order valence-electron chi connectivity index (χ3n) is 3.10. The van der Waals surface area contributed by atoms with Gasteiger partial charge in [0.15, 0.2) is 0 Å². The van der Waals surface area contributed by atoms with Gasteiger partial charge in [0.05, 0.1) is 16.8 Å². The smallest absolute Gasteiger partial charge is 0.255 e. The van der Waals surface area contributed by atoms with Crippen molar-refractivity contribution in [1.29, 1.82) is 0 Å². The molecule has 0 fully saturated rings. The monoisotopic (exact) mass is 277 g/mol. The van der Waals surface area contributed by atoms with Crippen LogP contribution in [0, 0.1) is 0 Å². The number of nitrogens with one attached hydrogen (secondary N) is 1. The first-order valence-electron chi connectivity index (χ1n) is 6.70. The van der Waals surface area contributed by atoms with Crippen molar-refractivity contribution >= 4 is 17.5 Å². The Morgan fingerprint density at radius 1 is 1.30 bits per heavy atom. The fourth-order valence-electron chi connectivity index (χ4n) is 1.92. The minimum absolute atomic E-state index is 0.157. The van der Waals surface area contributed by atoms with Crippen molar-refractivity contribution in [3.05, 3.63) is 29.8 Å². The summed E-state index contributed by atoms with van der Waals surface area (Å²) in [4.78, 5) is 25.7. The molecule has 0 saturated carbocycles. The maximum absolute atomic E-state index is 12.2. The first-order valence-corrected chi connectivity index (χ1v) is 6.70. The number of amides is 2. The lowest BCUT2D eigenvalue weighted by molar-refractivity contribution is -0.120. The summed E-state index contributed by atoms with van der Waals surface area (Å²) in [6.07, 6.45) is 1.40. The van der Waals surface area contributed by atoms with Crippen molar-refractivity contribution in [2.24, 2.45) is 5.73 Å². The van der Waals surface area contributed by atoms with Crippen LogP contribution in [0.2, 0.25) is 0 Å². The van der Waals surface area contributed by atoms with Crippen LogP contribution in [-0.2, 0) is 4.79 Å². The molecule has 1 rings (SSSR count). The van der Waals surface area contributed by atoms with E-state index in [1.807, 2.05) is 6.92 Å². The second-order valence-corrected chi connectivity index (χ2v) is 5.37. The number of nitrogens with two attached hydrogens (primary N) is 1. The van der Waals surface area contributed by atoms with Gasteiger partial charge in [-0.25, -0.2) is 0 Å². The van der Waals surface area contributed by atoms with Crippen molar-refractivity contribution < 1.29 is 9.59 Å². The van der Waals surface area contributed by atoms with E-state index in [2.05, 4.69) is 5.32 Å². The zero-order valence-electron chi connectivity index (χ0n) is 12.6. The molecule has 1 atom stereocenters. The summed E-state index contributed by atoms with van der Waals surface area (Å²) in [5.74, 6) is -0.437. The molecule has 1 aromatic carbocycles. The van der Waals surface area contributed by atoms with E-state index >= 15 is 0 Å². The maximum Gasteiger partial charge on any atom is 0.255 e. The minimum Gasteiger partial charge on any atom is -0.345 e. The van der Waals surface area contributed by atoms with E-state index < -0.39 is 5.54 Å². The summed E-state index contributed by atoms with van der Waals surface area (Å²) in [6.45, 7) is 3.67. The number of nitrogens with zero attached hydrogens (tertiary/aromatic N) is 1. The lowest BCUT2D eigenvalue weighted by atomic mass is 9.96. The number of carbonyl (C=O) groups is 2. The molecule has 0 aliphatic heterocycles. The van der Waals surface area contributed by atoms with Gasteiger partial charge in [0, 0.05) is 14.1 Å². The van der Waals surface area contributed by atoms with Crippen LogP contribution >= 0.6 is 0 Å². The summed E-state index contributed by atoms with van der Waals surface area (Å²) in [5, 5.41) is 2.76. The standard InChI is InChI=1S/C15H23N3O2/c1-5-10-15(2,16)14(20)17-12-9-7-6-8-11(12)13(19)18(3)4/h6-9H,5,10,16H2,1-4H3,(H,17,20). The largest absolute Gasteiger partial charge is 0.345 e. The summed E-state index contributed by atoms with van der Waals surface area (Å²) < 4.78 is 0. The number of rotatable bonds is 5. The van der Waals surface area contributed by atoms with Gasteiger partial charge in [0.2, 0.25) is 5.91 Å². The van der Waals surface area contributed by atoms with E-state index in [4.69, 9.17) is 5.73 Å². The van der Waals surface area contributed by atoms with Gasteiger partial charge >= 0.3 is 0 Å². The van der Waals surface area contributed by atoms with Gasteiger partial charge in [-0.05, 0) is 25.5 Å². The van der Waals surface area contributed by atoms with Gasteiger partial charge in [-0.3, -0.25) is 9.59 Å². The van der Waals surface area contributed by atoms with Crippen molar-refractivity contribution in [2.45, 2.75) is 32.2 Å². The predicted molar refractivity (Wildman–Crippen MR) is 80.6 cm³/mol. The number of para-hydroxylation sites is 1. The molecule has 0 aliphatic carbocycles. The Labute approximate surface area is 120 Å². The second-order valence-electron chi connectivity index (χ2n) is 5.37. The molecular formula is C15H23N3O2. The van der Waals surface area contributed by atoms with Gasteiger partial charge in [-0.15, -0.1) is 0 Å². The van der Waals surface area contributed by atoms with Gasteiger partial charge in [0.1, 0.15) is 0 Å². The highest BCUT2D eigenvalue weighted by Crippen LogP contribution is 2.19. The van der Waals surface area contributed by atoms with Gasteiger partial charge < -0.3 is 16.0 Å². The molecule has 0 aromatic heterocycles. The van der Waals surface area contributed by atoms with Crippen molar-refractivity contribution in [1.82, 2.24) is 4.90 Å². The predicted octanol–water partition coefficient (Wildman–Crippen LogP) is 1.84. The Balaban J connectivity index is 2.99. The molecule has 0 aliphatic rings. The highest BCUT2D eigenvalue weighted by Gasteiger charge is 2.28. The zero-order valence-corrected chi connectivity index (χ0v) is 12.6. The first-order chi connectivity index (χ1) is 9.29. The highest BCUT2D eigenvalue weighted by atomic mass is 16.2. The quantitative estimate of drug-likeness (QED) is 0.862. The van der Waals surface area contributed by atoms with E-state index in [-0.39, 0.29) is 11.8 Å². The number of carbonyl (C=O) groups excluding carboxylic acids is 2. The van der Waals surface area contributed by atoms with E-state index in [1.165, 1.54) is 4.90 Å². The molecule has 0 spiro atoms. The molecule has 1 unspecified atom stereocenters. The van der Waals surface area contributed by atoms with Crippen molar-refractivity contribution in [2.75, 3.05) is 19.4 Å². The van der Waals surface area contributed by atoms with Crippen LogP contribution in [0.25, 0.3) is 0 Å². The molecule has 5 nitrogen and oxygen atoms in total. The third-order valence-corrected chi connectivity index (χ3v) is 3.10. The van der Waals surface area contributed by atoms with Crippen LogP contribution in [0.3, 0.4) is 0 Å². The molecule has 110 valence electrons. The fourth-order valence-corrected chi connectivity index (χ4v) is 1.92. The number of hydrogen-bond acceptors (Lipinski definition) is 3. The molecule has 2 amide bonds. The molecule has 3 N–H and O–H groups in total. The van der Waals surface area contributed by atoms with Crippen LogP contribution in [-0.4, -0.2) is 36.3 Å². The Bertz CT molecular complexity index is 496. The zero-order chi connectivity index (χ0) is 15.3. The molecule has 0 saturated heterocycles. The molecule has 20 heavy (non-hydrogen) atoms. The first kappa shape index (κ1) is 16.2. The van der Waals surface area contributed by atoms with Crippen LogP contribution in [0.5, 0.6) is 0 Å². The molecule has 1 aromatic rings. The SMILES string of the molecule is CCCC(C)(N)C(=O)Nc1ccccc1C(=O)N(C)C. The highest BCUT2D eigenvalue weighted by molar-refractivity contribution is 6.05. The van der Waals surface area contributed by atoms with Crippen molar-refractivity contribution in [3.8, 4) is 0 Å². The summed E-state index contributed by atoms with van der Waals surface area (Å²) in [7, 11) is 3.34. The van der Waals surface area contributed by atoms with E-state index in [1.54, 1.807) is 45.3 Å². The van der Waals surface area contributed by atoms with Crippen LogP contribution < -0.4 is 11.1 Å². The Kier molecular flexibility index (Phi) is 5.27. The van der Waals surface area contributed by atoms with Gasteiger partial charge in [0.25, 0.3) is 5.91 Å². The van der Waals surface area contributed by atoms with E-state index in [0.717, 1.165) is 6.42 Å². The maximum atomic E-state index is 12.2. The van der Waals surface area contributed by atoms with Gasteiger partial charge in [-0.2, -0.15) is 0 Å². The number of anilines is 1. The average molecular weight is 277 g/mol. The molecular weight excluding hydrogens is 254 g/mol. The average Bonchev–Trinajstić information content (AvgIpc) is 2.38. The molecule has 0 heterocycles. The number of benzene rings is 1. The fraction of sp³-hybridized carbons (Fsp3) is 0.467. The lowest BCUT2D eigenvalue weighted by Gasteiger charge is -2.24. The Morgan fingerprint density at radius 3 is 2.45 bits per heavy atom. The van der Waals surface area contributed by atoms with Crippen LogP contribution in [0.4, 0.5) is 5.69 Å². The minimum atomic E-state index is -0.941. The Morgan fingerprint density at radius 2 is 1.90 bits per heavy atom. The molecule has 0 bridgehead atoms. The molecule has 5 heteroatoms. The van der Waals surface area contributed by atoms with Crippen LogP contribution in [0.15, 0.2) is 24.3 Å². The topological polar surface area (TPSA) is 75.4 Å². The normalized spacial score (nSPS) is 13.4. The molecule has 0 radical (unpaired) electrons. The summed E-state index contributed by atoms with van der Waals surface area (Å²) in [6, 6.07) is 6.93. The van der Waals surface area contributed by atoms with Gasteiger partial charge in [-0.1, -0.05) is 25.5 Å². The summed E-state index contributed by atoms with van der Waals surface area (Å²) >= 11 is 0. The van der Waals surface area contributed by atoms with E-state index in [9.17, 15) is 9.59 Å². The van der Waals surface area contributed by atoms with Crippen molar-refractivity contribution in [3.63, 3.8) is 0 Å². The van der Waals surface area contributed by atoms with E-state index in [0.29, 0.717) is 17.7 Å². The Hall–Kier alpha value is -1.88.